The molecule has 1 fully saturated rings. The van der Waals surface area contributed by atoms with Crippen molar-refractivity contribution >= 4 is 44.9 Å². The third kappa shape index (κ3) is 4.09. The van der Waals surface area contributed by atoms with Crippen molar-refractivity contribution in [3.05, 3.63) is 40.5 Å². The average Bonchev–Trinajstić information content (AvgIpc) is 3.30. The monoisotopic (exact) mass is 427 g/mol. The van der Waals surface area contributed by atoms with Gasteiger partial charge in [-0.05, 0) is 30.7 Å². The predicted molar refractivity (Wildman–Crippen MR) is 105 cm³/mol. The van der Waals surface area contributed by atoms with Gasteiger partial charge in [-0.3, -0.25) is 4.79 Å². The summed E-state index contributed by atoms with van der Waals surface area (Å²) in [5, 5.41) is 8.05. The van der Waals surface area contributed by atoms with Crippen molar-refractivity contribution in [1.82, 2.24) is 9.78 Å². The molecule has 1 atom stereocenters. The number of sulfone groups is 1. The second-order valence-electron chi connectivity index (χ2n) is 6.56. The predicted octanol–water partition coefficient (Wildman–Crippen LogP) is 2.66. The van der Waals surface area contributed by atoms with Crippen LogP contribution in [0.3, 0.4) is 0 Å². The normalized spacial score (nSPS) is 20.4. The molecule has 0 aliphatic carbocycles. The Morgan fingerprint density at radius 3 is 2.81 bits per heavy atom. The largest absolute Gasteiger partial charge is 0.484 e. The number of carbonyl (C=O) groups is 1. The van der Waals surface area contributed by atoms with Crippen molar-refractivity contribution in [2.45, 2.75) is 24.0 Å². The molecule has 1 N–H and O–H groups in total. The molecule has 1 unspecified atom stereocenters. The van der Waals surface area contributed by atoms with Gasteiger partial charge in [0.1, 0.15) is 11.6 Å². The van der Waals surface area contributed by atoms with Gasteiger partial charge in [0.15, 0.2) is 16.4 Å². The third-order valence-corrected chi connectivity index (χ3v) is 7.55. The van der Waals surface area contributed by atoms with Crippen molar-refractivity contribution in [2.75, 3.05) is 23.4 Å². The number of fused-ring (bicyclic) bond motifs is 1. The summed E-state index contributed by atoms with van der Waals surface area (Å²) in [7, 11) is -3.05. The van der Waals surface area contributed by atoms with Gasteiger partial charge >= 0.3 is 0 Å². The molecule has 0 saturated carbocycles. The van der Waals surface area contributed by atoms with Crippen LogP contribution in [-0.4, -0.2) is 42.2 Å². The van der Waals surface area contributed by atoms with Crippen LogP contribution in [0.15, 0.2) is 24.3 Å². The Morgan fingerprint density at radius 2 is 2.11 bits per heavy atom. The Bertz CT molecular complexity index is 973. The highest BCUT2D eigenvalue weighted by Gasteiger charge is 2.34. The molecule has 0 bridgehead atoms. The standard InChI is InChI=1S/C17H18ClN3O4S2/c18-11-1-3-13(4-2-11)25-7-16(22)19-17-14-8-26-9-15(14)20-21(17)12-5-6-27(23,24)10-12/h1-4,12H,5-10H2,(H,19,22). The molecule has 1 aromatic carbocycles. The highest BCUT2D eigenvalue weighted by molar-refractivity contribution is 7.98. The van der Waals surface area contributed by atoms with Gasteiger partial charge < -0.3 is 10.1 Å². The summed E-state index contributed by atoms with van der Waals surface area (Å²) in [5.74, 6) is 2.57. The van der Waals surface area contributed by atoms with E-state index in [1.807, 2.05) is 0 Å². The lowest BCUT2D eigenvalue weighted by molar-refractivity contribution is -0.118. The Labute approximate surface area is 166 Å². The maximum atomic E-state index is 12.4. The Hall–Kier alpha value is -1.71. The number of ether oxygens (including phenoxy) is 1. The summed E-state index contributed by atoms with van der Waals surface area (Å²) in [6, 6.07) is 6.52. The van der Waals surface area contributed by atoms with E-state index >= 15 is 0 Å². The SMILES string of the molecule is O=C(COc1ccc(Cl)cc1)Nc1c2c(nn1C1CCS(=O)(=O)C1)CSC2. The molecule has 2 aliphatic rings. The number of rotatable bonds is 5. The summed E-state index contributed by atoms with van der Waals surface area (Å²) in [4.78, 5) is 12.4. The number of hydrogen-bond donors (Lipinski definition) is 1. The molecule has 3 heterocycles. The van der Waals surface area contributed by atoms with Crippen LogP contribution in [-0.2, 0) is 26.1 Å². The number of halogens is 1. The van der Waals surface area contributed by atoms with Crippen LogP contribution in [0.5, 0.6) is 5.75 Å². The molecule has 144 valence electrons. The van der Waals surface area contributed by atoms with Crippen LogP contribution in [0.4, 0.5) is 5.82 Å². The molecule has 1 amide bonds. The summed E-state index contributed by atoms with van der Waals surface area (Å²) in [6.07, 6.45) is 0.514. The number of hydrogen-bond acceptors (Lipinski definition) is 6. The van der Waals surface area contributed by atoms with Gasteiger partial charge in [0.2, 0.25) is 0 Å². The number of nitrogens with one attached hydrogen (secondary N) is 1. The lowest BCUT2D eigenvalue weighted by atomic mass is 10.2. The first-order chi connectivity index (χ1) is 12.9. The molecular formula is C17H18ClN3O4S2. The number of anilines is 1. The maximum absolute atomic E-state index is 12.4. The topological polar surface area (TPSA) is 90.3 Å². The smallest absolute Gasteiger partial charge is 0.263 e. The average molecular weight is 428 g/mol. The van der Waals surface area contributed by atoms with Crippen LogP contribution in [0.1, 0.15) is 23.7 Å². The summed E-state index contributed by atoms with van der Waals surface area (Å²) >= 11 is 7.56. The first-order valence-corrected chi connectivity index (χ1v) is 11.8. The molecule has 10 heteroatoms. The highest BCUT2D eigenvalue weighted by atomic mass is 35.5. The van der Waals surface area contributed by atoms with Crippen LogP contribution < -0.4 is 10.1 Å². The van der Waals surface area contributed by atoms with Crippen molar-refractivity contribution in [1.29, 1.82) is 0 Å². The van der Waals surface area contributed by atoms with Gasteiger partial charge in [-0.2, -0.15) is 16.9 Å². The number of carbonyl (C=O) groups excluding carboxylic acids is 1. The number of amides is 1. The summed E-state index contributed by atoms with van der Waals surface area (Å²) in [6.45, 7) is -0.155. The third-order valence-electron chi connectivity index (χ3n) is 4.57. The lowest BCUT2D eigenvalue weighted by Gasteiger charge is -2.15. The second-order valence-corrected chi connectivity index (χ2v) is 10.2. The molecule has 1 aromatic heterocycles. The van der Waals surface area contributed by atoms with Gasteiger partial charge in [-0.25, -0.2) is 13.1 Å². The van der Waals surface area contributed by atoms with E-state index in [-0.39, 0.29) is 30.1 Å². The van der Waals surface area contributed by atoms with E-state index in [1.54, 1.807) is 40.7 Å². The van der Waals surface area contributed by atoms with Crippen molar-refractivity contribution in [3.63, 3.8) is 0 Å². The van der Waals surface area contributed by atoms with Crippen molar-refractivity contribution in [3.8, 4) is 5.75 Å². The van der Waals surface area contributed by atoms with Gasteiger partial charge in [0.05, 0.1) is 23.2 Å². The summed E-state index contributed by atoms with van der Waals surface area (Å²) in [5.41, 5.74) is 1.89. The number of nitrogens with zero attached hydrogens (tertiary/aromatic N) is 2. The van der Waals surface area contributed by atoms with Gasteiger partial charge in [0.25, 0.3) is 5.91 Å². The van der Waals surface area contributed by atoms with E-state index < -0.39 is 9.84 Å². The number of benzene rings is 1. The fourth-order valence-electron chi connectivity index (χ4n) is 3.25. The zero-order chi connectivity index (χ0) is 19.0. The maximum Gasteiger partial charge on any atom is 0.263 e. The van der Waals surface area contributed by atoms with Crippen LogP contribution in [0.2, 0.25) is 5.02 Å². The first-order valence-electron chi connectivity index (χ1n) is 8.48. The van der Waals surface area contributed by atoms with Crippen LogP contribution in [0, 0.1) is 0 Å². The van der Waals surface area contributed by atoms with E-state index in [9.17, 15) is 13.2 Å². The molecule has 4 rings (SSSR count). The summed E-state index contributed by atoms with van der Waals surface area (Å²) < 4.78 is 30.9. The minimum atomic E-state index is -3.05. The fourth-order valence-corrected chi connectivity index (χ4v) is 6.10. The lowest BCUT2D eigenvalue weighted by Crippen LogP contribution is -2.24. The van der Waals surface area contributed by atoms with E-state index in [1.165, 1.54) is 0 Å². The van der Waals surface area contributed by atoms with Crippen molar-refractivity contribution in [2.24, 2.45) is 0 Å². The van der Waals surface area contributed by atoms with Crippen molar-refractivity contribution < 1.29 is 17.9 Å². The molecule has 0 radical (unpaired) electrons. The Balaban J connectivity index is 1.49. The number of thioether (sulfide) groups is 1. The molecule has 7 nitrogen and oxygen atoms in total. The molecule has 1 saturated heterocycles. The number of aromatic nitrogens is 2. The van der Waals surface area contributed by atoms with Gasteiger partial charge in [0, 0.05) is 22.1 Å². The van der Waals surface area contributed by atoms with E-state index in [0.717, 1.165) is 22.8 Å². The van der Waals surface area contributed by atoms with Gasteiger partial charge in [-0.15, -0.1) is 0 Å². The molecule has 27 heavy (non-hydrogen) atoms. The van der Waals surface area contributed by atoms with Gasteiger partial charge in [-0.1, -0.05) is 11.6 Å². The molecule has 2 aliphatic heterocycles. The molecule has 2 aromatic rings. The first kappa shape index (κ1) is 18.6. The second kappa shape index (κ2) is 7.37. The van der Waals surface area contributed by atoms with Crippen LogP contribution in [0.25, 0.3) is 0 Å². The van der Waals surface area contributed by atoms with E-state index in [2.05, 4.69) is 10.4 Å². The quantitative estimate of drug-likeness (QED) is 0.788. The highest BCUT2D eigenvalue weighted by Crippen LogP contribution is 2.38. The minimum Gasteiger partial charge on any atom is -0.484 e. The van der Waals surface area contributed by atoms with E-state index in [0.29, 0.717) is 23.0 Å². The zero-order valence-corrected chi connectivity index (χ0v) is 16.7. The Morgan fingerprint density at radius 1 is 1.33 bits per heavy atom. The van der Waals surface area contributed by atoms with Crippen LogP contribution >= 0.6 is 23.4 Å². The molecule has 0 spiro atoms. The minimum absolute atomic E-state index is 0.0604. The Kier molecular flexibility index (Phi) is 5.09. The zero-order valence-electron chi connectivity index (χ0n) is 14.4. The fraction of sp³-hybridized carbons (Fsp3) is 0.412. The van der Waals surface area contributed by atoms with E-state index in [4.69, 9.17) is 16.3 Å². The molecular weight excluding hydrogens is 410 g/mol.